The first-order valence-corrected chi connectivity index (χ1v) is 12.0. The molecule has 1 aromatic carbocycles. The fourth-order valence-corrected chi connectivity index (χ4v) is 4.07. The molecule has 4 aromatic rings. The number of aryl methyl sites for hydroxylation is 1. The SMILES string of the molecule is CC(C)Cn1c(=O)n(C)c(=O)c2nc(CCCCCO)c(COc3ccc4ncccc4c3)nc21. The molecule has 9 nitrogen and oxygen atoms in total. The molecule has 1 N–H and O–H groups in total. The predicted octanol–water partition coefficient (Wildman–Crippen LogP) is 2.98. The summed E-state index contributed by atoms with van der Waals surface area (Å²) in [6.07, 6.45) is 4.67. The number of hydrogen-bond donors (Lipinski definition) is 1. The van der Waals surface area contributed by atoms with E-state index in [0.29, 0.717) is 36.5 Å². The molecule has 0 spiro atoms. The molecule has 184 valence electrons. The van der Waals surface area contributed by atoms with Crippen LogP contribution in [0.5, 0.6) is 5.75 Å². The molecule has 0 saturated heterocycles. The van der Waals surface area contributed by atoms with Gasteiger partial charge in [0.1, 0.15) is 18.1 Å². The Morgan fingerprint density at radius 3 is 2.66 bits per heavy atom. The van der Waals surface area contributed by atoms with Gasteiger partial charge in [-0.1, -0.05) is 26.3 Å². The first-order chi connectivity index (χ1) is 16.9. The van der Waals surface area contributed by atoms with Gasteiger partial charge in [-0.2, -0.15) is 0 Å². The summed E-state index contributed by atoms with van der Waals surface area (Å²) in [6, 6.07) is 9.52. The molecule has 3 aromatic heterocycles. The number of aliphatic hydroxyl groups excluding tert-OH is 1. The van der Waals surface area contributed by atoms with Crippen molar-refractivity contribution in [2.75, 3.05) is 6.61 Å². The monoisotopic (exact) mass is 477 g/mol. The van der Waals surface area contributed by atoms with E-state index in [0.717, 1.165) is 28.3 Å². The molecule has 0 aliphatic heterocycles. The second-order valence-corrected chi connectivity index (χ2v) is 9.12. The quantitative estimate of drug-likeness (QED) is 0.350. The van der Waals surface area contributed by atoms with E-state index in [-0.39, 0.29) is 30.3 Å². The topological polar surface area (TPSA) is 112 Å². The Hall–Kier alpha value is -3.59. The molecule has 0 saturated carbocycles. The van der Waals surface area contributed by atoms with Crippen LogP contribution in [-0.4, -0.2) is 35.8 Å². The van der Waals surface area contributed by atoms with E-state index < -0.39 is 11.2 Å². The van der Waals surface area contributed by atoms with Crippen LogP contribution in [0.3, 0.4) is 0 Å². The zero-order valence-electron chi connectivity index (χ0n) is 20.4. The lowest BCUT2D eigenvalue weighted by atomic mass is 10.1. The molecule has 0 bridgehead atoms. The van der Waals surface area contributed by atoms with Gasteiger partial charge in [0.05, 0.1) is 11.2 Å². The van der Waals surface area contributed by atoms with E-state index in [1.54, 1.807) is 6.20 Å². The minimum Gasteiger partial charge on any atom is -0.487 e. The zero-order chi connectivity index (χ0) is 24.9. The standard InChI is InChI=1S/C26H31N5O4/c1-17(2)15-31-24-23(25(33)30(3)26(31)34)28-21(9-5-4-6-13-32)22(29-24)16-35-19-10-11-20-18(14-19)8-7-12-27-20/h7-8,10-12,14,17,32H,4-6,9,13,15-16H2,1-3H3. The first-order valence-electron chi connectivity index (χ1n) is 12.0. The lowest BCUT2D eigenvalue weighted by Gasteiger charge is -2.16. The minimum absolute atomic E-state index is 0.137. The van der Waals surface area contributed by atoms with E-state index in [4.69, 9.17) is 19.8 Å². The van der Waals surface area contributed by atoms with Crippen molar-refractivity contribution in [3.8, 4) is 5.75 Å². The lowest BCUT2D eigenvalue weighted by Crippen LogP contribution is -2.40. The maximum absolute atomic E-state index is 12.9. The Kier molecular flexibility index (Phi) is 7.55. The van der Waals surface area contributed by atoms with Crippen molar-refractivity contribution in [3.63, 3.8) is 0 Å². The molecule has 4 rings (SSSR count). The highest BCUT2D eigenvalue weighted by atomic mass is 16.5. The number of unbranched alkanes of at least 4 members (excludes halogenated alkanes) is 2. The van der Waals surface area contributed by atoms with Crippen molar-refractivity contribution < 1.29 is 9.84 Å². The number of aliphatic hydroxyl groups is 1. The maximum atomic E-state index is 12.9. The largest absolute Gasteiger partial charge is 0.487 e. The number of ether oxygens (including phenoxy) is 1. The fraction of sp³-hybridized carbons (Fsp3) is 0.423. The third kappa shape index (κ3) is 5.40. The number of fused-ring (bicyclic) bond motifs is 2. The van der Waals surface area contributed by atoms with Crippen LogP contribution in [-0.2, 0) is 26.6 Å². The number of hydrogen-bond acceptors (Lipinski definition) is 7. The number of nitrogens with zero attached hydrogens (tertiary/aromatic N) is 5. The highest BCUT2D eigenvalue weighted by Crippen LogP contribution is 2.21. The van der Waals surface area contributed by atoms with Gasteiger partial charge in [-0.3, -0.25) is 18.9 Å². The van der Waals surface area contributed by atoms with Crippen molar-refractivity contribution >= 4 is 22.1 Å². The van der Waals surface area contributed by atoms with Crippen molar-refractivity contribution in [3.05, 3.63) is 68.8 Å². The van der Waals surface area contributed by atoms with Crippen LogP contribution >= 0.6 is 0 Å². The molecular weight excluding hydrogens is 446 g/mol. The van der Waals surface area contributed by atoms with Gasteiger partial charge in [0, 0.05) is 31.8 Å². The number of pyridine rings is 1. The third-order valence-electron chi connectivity index (χ3n) is 5.88. The van der Waals surface area contributed by atoms with Gasteiger partial charge < -0.3 is 9.84 Å². The number of aromatic nitrogens is 5. The van der Waals surface area contributed by atoms with Gasteiger partial charge >= 0.3 is 5.69 Å². The predicted molar refractivity (Wildman–Crippen MR) is 135 cm³/mol. The summed E-state index contributed by atoms with van der Waals surface area (Å²) in [7, 11) is 1.47. The Morgan fingerprint density at radius 1 is 1.06 bits per heavy atom. The van der Waals surface area contributed by atoms with Crippen LogP contribution < -0.4 is 16.0 Å². The summed E-state index contributed by atoms with van der Waals surface area (Å²) >= 11 is 0. The normalized spacial score (nSPS) is 11.6. The molecular formula is C26H31N5O4. The summed E-state index contributed by atoms with van der Waals surface area (Å²) in [4.78, 5) is 39.6. The van der Waals surface area contributed by atoms with E-state index >= 15 is 0 Å². The van der Waals surface area contributed by atoms with Crippen molar-refractivity contribution in [2.45, 2.75) is 52.7 Å². The molecule has 0 aliphatic rings. The van der Waals surface area contributed by atoms with Gasteiger partial charge in [0.25, 0.3) is 5.56 Å². The minimum atomic E-state index is -0.455. The second kappa shape index (κ2) is 10.8. The van der Waals surface area contributed by atoms with Crippen LogP contribution in [0.25, 0.3) is 22.1 Å². The Labute approximate surface area is 203 Å². The van der Waals surface area contributed by atoms with Gasteiger partial charge in [-0.05, 0) is 49.4 Å². The maximum Gasteiger partial charge on any atom is 0.332 e. The zero-order valence-corrected chi connectivity index (χ0v) is 20.4. The molecule has 0 atom stereocenters. The van der Waals surface area contributed by atoms with Crippen LogP contribution in [0, 0.1) is 5.92 Å². The van der Waals surface area contributed by atoms with E-state index in [2.05, 4.69) is 4.98 Å². The van der Waals surface area contributed by atoms with Crippen molar-refractivity contribution in [2.24, 2.45) is 13.0 Å². The smallest absolute Gasteiger partial charge is 0.332 e. The molecule has 0 radical (unpaired) electrons. The average molecular weight is 478 g/mol. The lowest BCUT2D eigenvalue weighted by molar-refractivity contribution is 0.282. The molecule has 35 heavy (non-hydrogen) atoms. The van der Waals surface area contributed by atoms with Crippen LogP contribution in [0.1, 0.15) is 44.5 Å². The van der Waals surface area contributed by atoms with Gasteiger partial charge in [0.15, 0.2) is 11.2 Å². The van der Waals surface area contributed by atoms with E-state index in [1.807, 2.05) is 44.2 Å². The molecule has 9 heteroatoms. The van der Waals surface area contributed by atoms with E-state index in [9.17, 15) is 9.59 Å². The molecule has 0 amide bonds. The molecule has 3 heterocycles. The average Bonchev–Trinajstić information content (AvgIpc) is 2.86. The van der Waals surface area contributed by atoms with Crippen LogP contribution in [0.15, 0.2) is 46.1 Å². The Morgan fingerprint density at radius 2 is 1.89 bits per heavy atom. The second-order valence-electron chi connectivity index (χ2n) is 9.12. The Balaban J connectivity index is 1.76. The third-order valence-corrected chi connectivity index (χ3v) is 5.88. The fourth-order valence-electron chi connectivity index (χ4n) is 4.07. The highest BCUT2D eigenvalue weighted by molar-refractivity contribution is 5.79. The highest BCUT2D eigenvalue weighted by Gasteiger charge is 2.18. The number of rotatable bonds is 10. The van der Waals surface area contributed by atoms with Gasteiger partial charge in [-0.15, -0.1) is 0 Å². The first kappa shape index (κ1) is 24.5. The molecule has 0 unspecified atom stereocenters. The van der Waals surface area contributed by atoms with Crippen molar-refractivity contribution in [1.29, 1.82) is 0 Å². The van der Waals surface area contributed by atoms with Crippen molar-refractivity contribution in [1.82, 2.24) is 24.1 Å². The summed E-state index contributed by atoms with van der Waals surface area (Å²) in [5.74, 6) is 0.849. The van der Waals surface area contributed by atoms with Crippen LogP contribution in [0.2, 0.25) is 0 Å². The van der Waals surface area contributed by atoms with E-state index in [1.165, 1.54) is 11.6 Å². The Bertz CT molecular complexity index is 1460. The van der Waals surface area contributed by atoms with Gasteiger partial charge in [-0.25, -0.2) is 14.8 Å². The summed E-state index contributed by atoms with van der Waals surface area (Å²) in [5.41, 5.74) is 1.75. The molecule has 0 fully saturated rings. The summed E-state index contributed by atoms with van der Waals surface area (Å²) in [5, 5.41) is 10.1. The summed E-state index contributed by atoms with van der Waals surface area (Å²) in [6.45, 7) is 4.72. The summed E-state index contributed by atoms with van der Waals surface area (Å²) < 4.78 is 8.70. The number of benzene rings is 1. The van der Waals surface area contributed by atoms with Crippen LogP contribution in [0.4, 0.5) is 0 Å². The molecule has 0 aliphatic carbocycles. The van der Waals surface area contributed by atoms with Gasteiger partial charge in [0.2, 0.25) is 0 Å².